The average molecular weight is 339 g/mol. The number of ether oxygens (including phenoxy) is 1. The molecule has 1 aliphatic rings. The second-order valence-corrected chi connectivity index (χ2v) is 5.88. The molecule has 7 nitrogen and oxygen atoms in total. The first kappa shape index (κ1) is 16.0. The number of hydrogen-bond donors (Lipinski definition) is 1. The largest absolute Gasteiger partial charge is 0.452 e. The summed E-state index contributed by atoms with van der Waals surface area (Å²) >= 11 is 5.83. The summed E-state index contributed by atoms with van der Waals surface area (Å²) in [5.74, 6) is -0.274. The second-order valence-electron chi connectivity index (χ2n) is 5.53. The Balaban J connectivity index is 1.71. The van der Waals surface area contributed by atoms with E-state index in [1.165, 1.54) is 6.26 Å². The number of aromatic nitrogens is 2. The summed E-state index contributed by atoms with van der Waals surface area (Å²) in [6.07, 6.45) is 2.98. The normalized spacial score (nSPS) is 22.2. The molecule has 1 aliphatic heterocycles. The standard InChI is InChI=1S/C15H19ClN4O3/c1-19-6-8-22-12(13(19)11-3-5-18-20(11)2)9-17-15(21)10-4-7-23-14(10)16/h3-5,7,12-13H,6,8-9H2,1-2H3,(H,17,21)/t12-,13-/m0/s1. The number of nitrogens with zero attached hydrogens (tertiary/aromatic N) is 3. The topological polar surface area (TPSA) is 72.5 Å². The molecule has 2 aromatic rings. The molecule has 3 heterocycles. The lowest BCUT2D eigenvalue weighted by molar-refractivity contribution is -0.0629. The van der Waals surface area contributed by atoms with Gasteiger partial charge in [-0.3, -0.25) is 14.4 Å². The Kier molecular flexibility index (Phi) is 4.70. The molecule has 124 valence electrons. The summed E-state index contributed by atoms with van der Waals surface area (Å²) in [5.41, 5.74) is 1.38. The number of morpholine rings is 1. The quantitative estimate of drug-likeness (QED) is 0.914. The predicted octanol–water partition coefficient (Wildman–Crippen LogP) is 1.47. The SMILES string of the molecule is CN1CCO[C@@H](CNC(=O)c2ccoc2Cl)[C@@H]1c1ccnn1C. The van der Waals surface area contributed by atoms with Gasteiger partial charge in [0.25, 0.3) is 5.91 Å². The highest BCUT2D eigenvalue weighted by Gasteiger charge is 2.33. The Morgan fingerprint density at radius 2 is 2.30 bits per heavy atom. The number of hydrogen-bond acceptors (Lipinski definition) is 5. The molecule has 1 saturated heterocycles. The van der Waals surface area contributed by atoms with Gasteiger partial charge in [0, 0.05) is 26.3 Å². The maximum atomic E-state index is 12.2. The molecular weight excluding hydrogens is 320 g/mol. The molecule has 8 heteroatoms. The van der Waals surface area contributed by atoms with Gasteiger partial charge in [0.2, 0.25) is 5.22 Å². The van der Waals surface area contributed by atoms with Gasteiger partial charge in [0.1, 0.15) is 0 Å². The van der Waals surface area contributed by atoms with Crippen LogP contribution in [0.2, 0.25) is 5.22 Å². The Morgan fingerprint density at radius 1 is 1.48 bits per heavy atom. The number of nitrogens with one attached hydrogen (secondary N) is 1. The van der Waals surface area contributed by atoms with E-state index in [9.17, 15) is 4.79 Å². The lowest BCUT2D eigenvalue weighted by atomic mass is 10.0. The van der Waals surface area contributed by atoms with E-state index in [0.29, 0.717) is 18.7 Å². The van der Waals surface area contributed by atoms with E-state index in [2.05, 4.69) is 15.3 Å². The number of carbonyl (C=O) groups excluding carboxylic acids is 1. The van der Waals surface area contributed by atoms with Gasteiger partial charge >= 0.3 is 0 Å². The third-order valence-electron chi connectivity index (χ3n) is 4.09. The zero-order valence-corrected chi connectivity index (χ0v) is 13.8. The van der Waals surface area contributed by atoms with Gasteiger partial charge in [0.05, 0.1) is 36.3 Å². The number of likely N-dealkylation sites (N-methyl/N-ethyl adjacent to an activating group) is 1. The Labute approximate surface area is 139 Å². The number of halogens is 1. The summed E-state index contributed by atoms with van der Waals surface area (Å²) in [6.45, 7) is 1.83. The van der Waals surface area contributed by atoms with Crippen LogP contribution in [0.1, 0.15) is 22.1 Å². The fraction of sp³-hybridized carbons (Fsp3) is 0.467. The lowest BCUT2D eigenvalue weighted by Crippen LogP contribution is -2.48. The smallest absolute Gasteiger partial charge is 0.256 e. The summed E-state index contributed by atoms with van der Waals surface area (Å²) in [4.78, 5) is 14.4. The number of furan rings is 1. The number of aryl methyl sites for hydroxylation is 1. The van der Waals surface area contributed by atoms with Crippen molar-refractivity contribution in [1.82, 2.24) is 20.0 Å². The Morgan fingerprint density at radius 3 is 2.96 bits per heavy atom. The van der Waals surface area contributed by atoms with E-state index in [-0.39, 0.29) is 23.3 Å². The van der Waals surface area contributed by atoms with Gasteiger partial charge in [-0.1, -0.05) is 0 Å². The maximum Gasteiger partial charge on any atom is 0.256 e. The molecule has 1 amide bonds. The van der Waals surface area contributed by atoms with E-state index in [4.69, 9.17) is 20.8 Å². The molecule has 0 radical (unpaired) electrons. The minimum atomic E-state index is -0.274. The van der Waals surface area contributed by atoms with Crippen molar-refractivity contribution >= 4 is 17.5 Å². The van der Waals surface area contributed by atoms with Crippen molar-refractivity contribution in [2.24, 2.45) is 7.05 Å². The molecule has 0 saturated carbocycles. The van der Waals surface area contributed by atoms with Crippen LogP contribution in [0.15, 0.2) is 29.0 Å². The molecule has 1 fully saturated rings. The average Bonchev–Trinajstić information content (AvgIpc) is 3.13. The van der Waals surface area contributed by atoms with Crippen LogP contribution in [0.5, 0.6) is 0 Å². The molecule has 2 atom stereocenters. The van der Waals surface area contributed by atoms with Crippen molar-refractivity contribution in [3.8, 4) is 0 Å². The number of rotatable bonds is 4. The van der Waals surface area contributed by atoms with Crippen LogP contribution < -0.4 is 5.32 Å². The van der Waals surface area contributed by atoms with Crippen molar-refractivity contribution in [1.29, 1.82) is 0 Å². The summed E-state index contributed by atoms with van der Waals surface area (Å²) < 4.78 is 12.7. The zero-order chi connectivity index (χ0) is 16.4. The summed E-state index contributed by atoms with van der Waals surface area (Å²) in [6, 6.07) is 3.54. The van der Waals surface area contributed by atoms with Crippen molar-refractivity contribution in [2.75, 3.05) is 26.7 Å². The van der Waals surface area contributed by atoms with Crippen molar-refractivity contribution in [2.45, 2.75) is 12.1 Å². The summed E-state index contributed by atoms with van der Waals surface area (Å²) in [7, 11) is 3.95. The van der Waals surface area contributed by atoms with Gasteiger partial charge in [-0.15, -0.1) is 0 Å². The van der Waals surface area contributed by atoms with Crippen LogP contribution >= 0.6 is 11.6 Å². The fourth-order valence-electron chi connectivity index (χ4n) is 2.87. The second kappa shape index (κ2) is 6.74. The molecular formula is C15H19ClN4O3. The van der Waals surface area contributed by atoms with Crippen LogP contribution in [0.25, 0.3) is 0 Å². The van der Waals surface area contributed by atoms with Crippen molar-refractivity contribution < 1.29 is 13.9 Å². The Hall–Kier alpha value is -1.83. The first-order valence-corrected chi connectivity index (χ1v) is 7.76. The predicted molar refractivity (Wildman–Crippen MR) is 84.4 cm³/mol. The third-order valence-corrected chi connectivity index (χ3v) is 4.38. The first-order valence-electron chi connectivity index (χ1n) is 7.39. The van der Waals surface area contributed by atoms with E-state index < -0.39 is 0 Å². The number of carbonyl (C=O) groups is 1. The fourth-order valence-corrected chi connectivity index (χ4v) is 3.07. The van der Waals surface area contributed by atoms with Crippen molar-refractivity contribution in [3.63, 3.8) is 0 Å². The molecule has 1 N–H and O–H groups in total. The van der Waals surface area contributed by atoms with Crippen molar-refractivity contribution in [3.05, 3.63) is 41.1 Å². The molecule has 0 aromatic carbocycles. The monoisotopic (exact) mass is 338 g/mol. The number of amides is 1. The van der Waals surface area contributed by atoms with Crippen LogP contribution in [-0.2, 0) is 11.8 Å². The van der Waals surface area contributed by atoms with Crippen LogP contribution in [-0.4, -0.2) is 53.4 Å². The van der Waals surface area contributed by atoms with E-state index >= 15 is 0 Å². The zero-order valence-electron chi connectivity index (χ0n) is 13.0. The molecule has 3 rings (SSSR count). The third kappa shape index (κ3) is 3.26. The summed E-state index contributed by atoms with van der Waals surface area (Å²) in [5, 5.41) is 7.18. The maximum absolute atomic E-state index is 12.2. The van der Waals surface area contributed by atoms with Crippen LogP contribution in [0.4, 0.5) is 0 Å². The molecule has 0 spiro atoms. The van der Waals surface area contributed by atoms with Crippen LogP contribution in [0, 0.1) is 0 Å². The molecule has 23 heavy (non-hydrogen) atoms. The van der Waals surface area contributed by atoms with E-state index in [1.807, 2.05) is 24.8 Å². The highest BCUT2D eigenvalue weighted by molar-refractivity contribution is 6.32. The van der Waals surface area contributed by atoms with Gasteiger partial charge in [-0.25, -0.2) is 0 Å². The molecule has 0 bridgehead atoms. The highest BCUT2D eigenvalue weighted by Crippen LogP contribution is 2.27. The molecule has 2 aromatic heterocycles. The van der Waals surface area contributed by atoms with E-state index in [1.54, 1.807) is 12.3 Å². The van der Waals surface area contributed by atoms with Gasteiger partial charge in [0.15, 0.2) is 0 Å². The first-order chi connectivity index (χ1) is 11.1. The van der Waals surface area contributed by atoms with Crippen LogP contribution in [0.3, 0.4) is 0 Å². The van der Waals surface area contributed by atoms with Gasteiger partial charge < -0.3 is 14.5 Å². The minimum absolute atomic E-state index is 0.0244. The van der Waals surface area contributed by atoms with Gasteiger partial charge in [-0.2, -0.15) is 5.10 Å². The Bertz CT molecular complexity index is 684. The van der Waals surface area contributed by atoms with Gasteiger partial charge in [-0.05, 0) is 30.8 Å². The lowest BCUT2D eigenvalue weighted by Gasteiger charge is -2.39. The highest BCUT2D eigenvalue weighted by atomic mass is 35.5. The van der Waals surface area contributed by atoms with E-state index in [0.717, 1.165) is 12.2 Å². The minimum Gasteiger partial charge on any atom is -0.452 e. The molecule has 0 aliphatic carbocycles. The molecule has 0 unspecified atom stereocenters.